The van der Waals surface area contributed by atoms with Crippen LogP contribution in [0.4, 0.5) is 11.5 Å². The predicted molar refractivity (Wildman–Crippen MR) is 149 cm³/mol. The molecule has 1 aliphatic heterocycles. The van der Waals surface area contributed by atoms with Crippen LogP contribution in [0.2, 0.25) is 5.02 Å². The van der Waals surface area contributed by atoms with Crippen LogP contribution >= 0.6 is 11.6 Å². The molecule has 0 radical (unpaired) electrons. The maximum atomic E-state index is 13.4. The van der Waals surface area contributed by atoms with Crippen molar-refractivity contribution in [1.29, 1.82) is 0 Å². The van der Waals surface area contributed by atoms with Crippen LogP contribution in [-0.2, 0) is 19.5 Å². The maximum absolute atomic E-state index is 13.4. The van der Waals surface area contributed by atoms with E-state index in [1.807, 2.05) is 20.0 Å². The van der Waals surface area contributed by atoms with E-state index in [9.17, 15) is 9.59 Å². The number of nitrogens with one attached hydrogen (secondary N) is 2. The zero-order valence-electron chi connectivity index (χ0n) is 22.3. The molecule has 1 fully saturated rings. The van der Waals surface area contributed by atoms with E-state index in [-0.39, 0.29) is 17.9 Å². The minimum absolute atomic E-state index is 0.0400. The van der Waals surface area contributed by atoms with Crippen LogP contribution < -0.4 is 21.0 Å². The fourth-order valence-corrected chi connectivity index (χ4v) is 6.26. The van der Waals surface area contributed by atoms with Crippen LogP contribution in [0.5, 0.6) is 0 Å². The highest BCUT2D eigenvalue weighted by Crippen LogP contribution is 2.34. The second-order valence-electron chi connectivity index (χ2n) is 10.3. The molecule has 36 heavy (non-hydrogen) atoms. The predicted octanol–water partition coefficient (Wildman–Crippen LogP) is 4.43. The zero-order valence-corrected chi connectivity index (χ0v) is 23.0. The molecule has 2 heterocycles. The van der Waals surface area contributed by atoms with Gasteiger partial charge >= 0.3 is 0 Å². The average molecular weight is 514 g/mol. The largest absolute Gasteiger partial charge is 0.374 e. The van der Waals surface area contributed by atoms with Gasteiger partial charge in [-0.05, 0) is 84.2 Å². The Bertz CT molecular complexity index is 1170. The number of rotatable bonds is 8. The van der Waals surface area contributed by atoms with E-state index in [0.717, 1.165) is 61.5 Å². The molecule has 8 heteroatoms. The Kier molecular flexibility index (Phi) is 8.30. The second kappa shape index (κ2) is 11.3. The number of carbonyl (C=O) groups is 1. The van der Waals surface area contributed by atoms with Crippen LogP contribution in [-0.4, -0.2) is 55.1 Å². The molecule has 1 aliphatic carbocycles. The summed E-state index contributed by atoms with van der Waals surface area (Å²) in [7, 11) is 6.14. The topological polar surface area (TPSA) is 69.6 Å². The van der Waals surface area contributed by atoms with Crippen LogP contribution in [0.3, 0.4) is 0 Å². The Morgan fingerprint density at radius 2 is 1.83 bits per heavy atom. The molecular formula is C28H40ClN5O2. The fourth-order valence-electron chi connectivity index (χ4n) is 6.05. The number of carbonyl (C=O) groups excluding carboxylic acids is 1. The lowest BCUT2D eigenvalue weighted by Gasteiger charge is -2.40. The monoisotopic (exact) mass is 513 g/mol. The van der Waals surface area contributed by atoms with E-state index in [1.165, 1.54) is 12.8 Å². The number of fused-ring (bicyclic) bond motifs is 1. The summed E-state index contributed by atoms with van der Waals surface area (Å²) in [6.45, 7) is 6.07. The summed E-state index contributed by atoms with van der Waals surface area (Å²) >= 11 is 6.55. The number of aromatic nitrogens is 1. The summed E-state index contributed by atoms with van der Waals surface area (Å²) in [5.74, 6) is 0.583. The molecule has 0 unspecified atom stereocenters. The maximum Gasteiger partial charge on any atom is 0.251 e. The number of amides is 1. The molecule has 0 bridgehead atoms. The molecule has 0 saturated heterocycles. The summed E-state index contributed by atoms with van der Waals surface area (Å²) in [6.07, 6.45) is 6.53. The SMILES string of the molecule is CCN(c1cc(Cl)cc(C(=O)NCc2c(NC)n3c(cc2=O)CCC3)c1C)[C@H]1CC[C@H](N(C)C)CC1. The first-order valence-corrected chi connectivity index (χ1v) is 13.6. The second-order valence-corrected chi connectivity index (χ2v) is 10.8. The Morgan fingerprint density at radius 3 is 2.47 bits per heavy atom. The lowest BCUT2D eigenvalue weighted by Crippen LogP contribution is -2.42. The molecule has 2 aliphatic rings. The molecule has 2 N–H and O–H groups in total. The van der Waals surface area contributed by atoms with Gasteiger partial charge in [0.1, 0.15) is 5.82 Å². The van der Waals surface area contributed by atoms with E-state index in [2.05, 4.69) is 46.0 Å². The van der Waals surface area contributed by atoms with Gasteiger partial charge in [-0.1, -0.05) is 11.6 Å². The summed E-state index contributed by atoms with van der Waals surface area (Å²) < 4.78 is 2.15. The molecule has 1 aromatic heterocycles. The van der Waals surface area contributed by atoms with Crippen molar-refractivity contribution in [2.45, 2.75) is 77.5 Å². The van der Waals surface area contributed by atoms with Gasteiger partial charge in [0.05, 0.1) is 12.1 Å². The Morgan fingerprint density at radius 1 is 1.14 bits per heavy atom. The molecule has 1 amide bonds. The summed E-state index contributed by atoms with van der Waals surface area (Å²) in [6, 6.07) is 6.50. The highest BCUT2D eigenvalue weighted by molar-refractivity contribution is 6.31. The molecule has 4 rings (SSSR count). The highest BCUT2D eigenvalue weighted by atomic mass is 35.5. The van der Waals surface area contributed by atoms with Crippen molar-refractivity contribution >= 4 is 29.0 Å². The number of halogens is 1. The molecule has 1 aromatic carbocycles. The zero-order chi connectivity index (χ0) is 26.0. The quantitative estimate of drug-likeness (QED) is 0.546. The van der Waals surface area contributed by atoms with E-state index in [4.69, 9.17) is 11.6 Å². The van der Waals surface area contributed by atoms with E-state index in [0.29, 0.717) is 28.2 Å². The summed E-state index contributed by atoms with van der Waals surface area (Å²) in [5.41, 5.74) is 4.11. The third-order valence-corrected chi connectivity index (χ3v) is 8.27. The minimum atomic E-state index is -0.212. The van der Waals surface area contributed by atoms with Crippen LogP contribution in [0.1, 0.15) is 66.2 Å². The van der Waals surface area contributed by atoms with Gasteiger partial charge in [-0.3, -0.25) is 9.59 Å². The Labute approximate surface area is 219 Å². The number of hydrogen-bond donors (Lipinski definition) is 2. The molecule has 2 aromatic rings. The Hall–Kier alpha value is -2.51. The number of nitrogens with zero attached hydrogens (tertiary/aromatic N) is 3. The van der Waals surface area contributed by atoms with Crippen molar-refractivity contribution in [2.24, 2.45) is 0 Å². The first kappa shape index (κ1) is 26.6. The smallest absolute Gasteiger partial charge is 0.251 e. The highest BCUT2D eigenvalue weighted by Gasteiger charge is 2.28. The number of anilines is 2. The molecule has 0 spiro atoms. The minimum Gasteiger partial charge on any atom is -0.374 e. The number of hydrogen-bond acceptors (Lipinski definition) is 5. The fraction of sp³-hybridized carbons (Fsp3) is 0.571. The van der Waals surface area contributed by atoms with Crippen molar-refractivity contribution in [1.82, 2.24) is 14.8 Å². The number of benzene rings is 1. The first-order valence-electron chi connectivity index (χ1n) is 13.2. The van der Waals surface area contributed by atoms with Crippen molar-refractivity contribution in [2.75, 3.05) is 37.9 Å². The molecule has 1 saturated carbocycles. The number of aryl methyl sites for hydroxylation is 1. The van der Waals surface area contributed by atoms with Gasteiger partial charge in [-0.25, -0.2) is 0 Å². The van der Waals surface area contributed by atoms with Crippen molar-refractivity contribution in [3.05, 3.63) is 55.8 Å². The van der Waals surface area contributed by atoms with Gasteiger partial charge in [-0.2, -0.15) is 0 Å². The van der Waals surface area contributed by atoms with E-state index >= 15 is 0 Å². The lowest BCUT2D eigenvalue weighted by atomic mass is 9.89. The third kappa shape index (κ3) is 5.28. The van der Waals surface area contributed by atoms with Gasteiger partial charge in [0.2, 0.25) is 0 Å². The van der Waals surface area contributed by atoms with Crippen molar-refractivity contribution in [3.8, 4) is 0 Å². The van der Waals surface area contributed by atoms with Gasteiger partial charge in [0, 0.05) is 60.3 Å². The van der Waals surface area contributed by atoms with Gasteiger partial charge in [0.15, 0.2) is 5.43 Å². The molecule has 196 valence electrons. The third-order valence-electron chi connectivity index (χ3n) is 8.05. The number of pyridine rings is 1. The van der Waals surface area contributed by atoms with E-state index < -0.39 is 0 Å². The van der Waals surface area contributed by atoms with Gasteiger partial charge in [0.25, 0.3) is 5.91 Å². The summed E-state index contributed by atoms with van der Waals surface area (Å²) in [4.78, 5) is 30.9. The van der Waals surface area contributed by atoms with Crippen molar-refractivity contribution in [3.63, 3.8) is 0 Å². The standard InChI is InChI=1S/C28H40ClN5O2/c1-6-33(21-11-9-20(10-12-21)32(4)5)25-15-19(29)14-23(18(25)2)28(36)31-17-24-26(35)16-22-8-7-13-34(22)27(24)30-3/h14-16,20-21,30H,6-13,17H2,1-5H3,(H,31,36)/t20-,21-. The average Bonchev–Trinajstić information content (AvgIpc) is 3.32. The van der Waals surface area contributed by atoms with Crippen LogP contribution in [0.15, 0.2) is 23.0 Å². The Balaban J connectivity index is 1.55. The normalized spacial score (nSPS) is 19.3. The van der Waals surface area contributed by atoms with E-state index in [1.54, 1.807) is 12.1 Å². The molecule has 0 atom stereocenters. The molecular weight excluding hydrogens is 474 g/mol. The first-order chi connectivity index (χ1) is 17.2. The lowest BCUT2D eigenvalue weighted by molar-refractivity contribution is 0.0950. The molecule has 7 nitrogen and oxygen atoms in total. The van der Waals surface area contributed by atoms with Gasteiger partial charge < -0.3 is 25.0 Å². The summed E-state index contributed by atoms with van der Waals surface area (Å²) in [5, 5.41) is 6.73. The van der Waals surface area contributed by atoms with Crippen molar-refractivity contribution < 1.29 is 4.79 Å². The van der Waals surface area contributed by atoms with Crippen LogP contribution in [0, 0.1) is 6.92 Å². The van der Waals surface area contributed by atoms with Gasteiger partial charge in [-0.15, -0.1) is 0 Å². The van der Waals surface area contributed by atoms with Crippen LogP contribution in [0.25, 0.3) is 0 Å².